The van der Waals surface area contributed by atoms with E-state index < -0.39 is 61.5 Å². The van der Waals surface area contributed by atoms with Crippen LogP contribution < -0.4 is 5.32 Å². The number of amides is 1. The maximum Gasteiger partial charge on any atom is 0.249 e. The zero-order valence-electron chi connectivity index (χ0n) is 29.1. The zero-order chi connectivity index (χ0) is 34.7. The normalized spacial score (nSPS) is 24.0. The van der Waals surface area contributed by atoms with Crippen molar-refractivity contribution in [1.29, 1.82) is 0 Å². The third-order valence-electron chi connectivity index (χ3n) is 8.55. The molecule has 0 saturated carbocycles. The molecule has 10 nitrogen and oxygen atoms in total. The van der Waals surface area contributed by atoms with Gasteiger partial charge in [-0.1, -0.05) is 127 Å². The number of aliphatic hydroxyl groups excluding tert-OH is 6. The van der Waals surface area contributed by atoms with Crippen molar-refractivity contribution in [3.05, 3.63) is 36.5 Å². The number of rotatable bonds is 28. The fourth-order valence-corrected chi connectivity index (χ4v) is 5.41. The molecular formula is C37H67NO9. The lowest BCUT2D eigenvalue weighted by Crippen LogP contribution is -2.60. The molecule has 7 N–H and O–H groups in total. The fraction of sp³-hybridized carbons (Fsp3) is 0.811. The van der Waals surface area contributed by atoms with Gasteiger partial charge in [0, 0.05) is 0 Å². The van der Waals surface area contributed by atoms with Crippen LogP contribution in [0.5, 0.6) is 0 Å². The summed E-state index contributed by atoms with van der Waals surface area (Å²) in [5.74, 6) is -0.637. The van der Waals surface area contributed by atoms with Gasteiger partial charge in [-0.2, -0.15) is 0 Å². The minimum absolute atomic E-state index is 0.301. The molecule has 1 amide bonds. The minimum atomic E-state index is -1.61. The Morgan fingerprint density at radius 2 is 1.26 bits per heavy atom. The van der Waals surface area contributed by atoms with Crippen LogP contribution in [0, 0.1) is 0 Å². The molecule has 1 aliphatic rings. The molecular weight excluding hydrogens is 602 g/mol. The second-order valence-corrected chi connectivity index (χ2v) is 12.8. The second-order valence-electron chi connectivity index (χ2n) is 12.8. The molecule has 1 heterocycles. The van der Waals surface area contributed by atoms with Crippen molar-refractivity contribution < 1.29 is 44.9 Å². The topological polar surface area (TPSA) is 169 Å². The largest absolute Gasteiger partial charge is 0.394 e. The monoisotopic (exact) mass is 669 g/mol. The average Bonchev–Trinajstić information content (AvgIpc) is 3.07. The summed E-state index contributed by atoms with van der Waals surface area (Å²) in [6.07, 6.45) is 21.0. The van der Waals surface area contributed by atoms with E-state index in [9.17, 15) is 35.4 Å². The Morgan fingerprint density at radius 1 is 0.723 bits per heavy atom. The molecule has 0 aromatic rings. The molecule has 10 heteroatoms. The molecule has 0 spiro atoms. The van der Waals surface area contributed by atoms with Gasteiger partial charge in [0.05, 0.1) is 25.4 Å². The molecule has 8 unspecified atom stereocenters. The molecule has 1 rings (SSSR count). The van der Waals surface area contributed by atoms with Gasteiger partial charge in [0.1, 0.15) is 30.5 Å². The molecule has 1 fully saturated rings. The molecule has 0 aliphatic carbocycles. The molecule has 0 aromatic carbocycles. The van der Waals surface area contributed by atoms with E-state index in [0.717, 1.165) is 44.9 Å². The predicted molar refractivity (Wildman–Crippen MR) is 186 cm³/mol. The lowest BCUT2D eigenvalue weighted by Gasteiger charge is -2.40. The maximum atomic E-state index is 12.9. The standard InChI is InChI=1S/C37H67NO9/c1-3-5-7-9-11-13-15-16-18-19-21-23-25-30(40)29(28-46-37-35(44)34(43)33(42)32(27-39)47-37)38-36(45)31(41)26-24-22-20-17-14-12-10-8-6-4-2/h9,11,16,18,23,25,29-35,37,39-44H,3-8,10,12-15,17,19-22,24,26-28H2,1-2H3,(H,38,45)/b11-9+,18-16+,25-23+. The molecule has 1 aliphatic heterocycles. The van der Waals surface area contributed by atoms with E-state index in [1.807, 2.05) is 6.08 Å². The van der Waals surface area contributed by atoms with E-state index in [1.54, 1.807) is 6.08 Å². The van der Waals surface area contributed by atoms with E-state index in [1.165, 1.54) is 51.4 Å². The quantitative estimate of drug-likeness (QED) is 0.0460. The first kappa shape index (κ1) is 43.4. The number of aliphatic hydroxyl groups is 6. The van der Waals surface area contributed by atoms with Crippen LogP contribution in [0.3, 0.4) is 0 Å². The molecule has 274 valence electrons. The van der Waals surface area contributed by atoms with Gasteiger partial charge in [-0.25, -0.2) is 0 Å². The van der Waals surface area contributed by atoms with Gasteiger partial charge in [0.25, 0.3) is 0 Å². The van der Waals surface area contributed by atoms with Gasteiger partial charge >= 0.3 is 0 Å². The molecule has 0 bridgehead atoms. The number of ether oxygens (including phenoxy) is 2. The lowest BCUT2D eigenvalue weighted by atomic mass is 9.99. The van der Waals surface area contributed by atoms with Crippen molar-refractivity contribution in [2.24, 2.45) is 0 Å². The number of allylic oxidation sites excluding steroid dienone is 5. The Balaban J connectivity index is 2.61. The van der Waals surface area contributed by atoms with Crippen LogP contribution in [0.25, 0.3) is 0 Å². The predicted octanol–water partition coefficient (Wildman–Crippen LogP) is 4.74. The van der Waals surface area contributed by atoms with Crippen molar-refractivity contribution >= 4 is 5.91 Å². The van der Waals surface area contributed by atoms with E-state index in [2.05, 4.69) is 43.5 Å². The third-order valence-corrected chi connectivity index (χ3v) is 8.55. The van der Waals surface area contributed by atoms with Gasteiger partial charge in [-0.3, -0.25) is 4.79 Å². The van der Waals surface area contributed by atoms with Gasteiger partial charge in [-0.05, 0) is 38.5 Å². The number of carbonyl (C=O) groups excluding carboxylic acids is 1. The molecule has 1 saturated heterocycles. The Hall–Kier alpha value is -1.63. The Morgan fingerprint density at radius 3 is 1.83 bits per heavy atom. The first-order chi connectivity index (χ1) is 22.8. The van der Waals surface area contributed by atoms with Gasteiger partial charge in [0.15, 0.2) is 6.29 Å². The summed E-state index contributed by atoms with van der Waals surface area (Å²) >= 11 is 0. The first-order valence-corrected chi connectivity index (χ1v) is 18.3. The lowest BCUT2D eigenvalue weighted by molar-refractivity contribution is -0.302. The minimum Gasteiger partial charge on any atom is -0.394 e. The van der Waals surface area contributed by atoms with Crippen LogP contribution >= 0.6 is 0 Å². The van der Waals surface area contributed by atoms with Crippen LogP contribution in [-0.2, 0) is 14.3 Å². The summed E-state index contributed by atoms with van der Waals surface area (Å²) in [6.45, 7) is 3.47. The van der Waals surface area contributed by atoms with E-state index in [0.29, 0.717) is 19.3 Å². The fourth-order valence-electron chi connectivity index (χ4n) is 5.41. The SMILES string of the molecule is CCCC/C=C/CC/C=C/CC/C=C/C(O)C(COC1OC(CO)C(O)C(O)C1O)NC(=O)C(O)CCCCCCCCCCCC. The van der Waals surface area contributed by atoms with Crippen LogP contribution in [0.4, 0.5) is 0 Å². The average molecular weight is 670 g/mol. The van der Waals surface area contributed by atoms with Crippen molar-refractivity contribution in [3.63, 3.8) is 0 Å². The Labute approximate surface area is 284 Å². The number of nitrogens with one attached hydrogen (secondary N) is 1. The Bertz CT molecular complexity index is 850. The number of unbranched alkanes of at least 4 members (excludes halogenated alkanes) is 13. The highest BCUT2D eigenvalue weighted by Crippen LogP contribution is 2.22. The van der Waals surface area contributed by atoms with Crippen molar-refractivity contribution in [2.75, 3.05) is 13.2 Å². The summed E-state index contributed by atoms with van der Waals surface area (Å²) in [5, 5.41) is 64.1. The highest BCUT2D eigenvalue weighted by Gasteiger charge is 2.44. The maximum absolute atomic E-state index is 12.9. The first-order valence-electron chi connectivity index (χ1n) is 18.3. The molecule has 0 radical (unpaired) electrons. The van der Waals surface area contributed by atoms with E-state index >= 15 is 0 Å². The molecule has 47 heavy (non-hydrogen) atoms. The molecule has 0 aromatic heterocycles. The third kappa shape index (κ3) is 19.8. The number of hydrogen-bond acceptors (Lipinski definition) is 9. The van der Waals surface area contributed by atoms with Crippen molar-refractivity contribution in [1.82, 2.24) is 5.32 Å². The summed E-state index contributed by atoms with van der Waals surface area (Å²) in [5.41, 5.74) is 0. The summed E-state index contributed by atoms with van der Waals surface area (Å²) in [4.78, 5) is 12.9. The van der Waals surface area contributed by atoms with Crippen LogP contribution in [0.15, 0.2) is 36.5 Å². The number of hydrogen-bond donors (Lipinski definition) is 7. The van der Waals surface area contributed by atoms with E-state index in [4.69, 9.17) is 9.47 Å². The number of carbonyl (C=O) groups is 1. The highest BCUT2D eigenvalue weighted by atomic mass is 16.7. The van der Waals surface area contributed by atoms with Crippen LogP contribution in [0.1, 0.15) is 129 Å². The summed E-state index contributed by atoms with van der Waals surface area (Å²) < 4.78 is 11.0. The van der Waals surface area contributed by atoms with Gasteiger partial charge in [-0.15, -0.1) is 0 Å². The molecule has 8 atom stereocenters. The highest BCUT2D eigenvalue weighted by molar-refractivity contribution is 5.80. The van der Waals surface area contributed by atoms with Crippen LogP contribution in [-0.4, -0.2) is 98.7 Å². The van der Waals surface area contributed by atoms with Gasteiger partial charge < -0.3 is 45.4 Å². The smallest absolute Gasteiger partial charge is 0.249 e. The van der Waals surface area contributed by atoms with E-state index in [-0.39, 0.29) is 6.61 Å². The van der Waals surface area contributed by atoms with Gasteiger partial charge in [0.2, 0.25) is 5.91 Å². The van der Waals surface area contributed by atoms with Crippen molar-refractivity contribution in [2.45, 2.75) is 178 Å². The Kier molecular flexibility index (Phi) is 26.1. The second kappa shape index (κ2) is 28.2. The van der Waals surface area contributed by atoms with Crippen molar-refractivity contribution in [3.8, 4) is 0 Å². The van der Waals surface area contributed by atoms with Crippen LogP contribution in [0.2, 0.25) is 0 Å². The zero-order valence-corrected chi connectivity index (χ0v) is 29.1. The summed E-state index contributed by atoms with van der Waals surface area (Å²) in [6, 6.07) is -0.997. The summed E-state index contributed by atoms with van der Waals surface area (Å²) in [7, 11) is 0.